The van der Waals surface area contributed by atoms with Crippen molar-refractivity contribution < 1.29 is 18.7 Å². The number of carbonyl (C=O) groups excluding carboxylic acids is 1. The van der Waals surface area contributed by atoms with Gasteiger partial charge in [0.25, 0.3) is 5.91 Å². The highest BCUT2D eigenvalue weighted by atomic mass is 32.1. The fourth-order valence-corrected chi connectivity index (χ4v) is 4.19. The number of aryl methyl sites for hydroxylation is 1. The first-order chi connectivity index (χ1) is 11.7. The Bertz CT molecular complexity index is 714. The second kappa shape index (κ2) is 6.31. The van der Waals surface area contributed by atoms with Gasteiger partial charge in [0.15, 0.2) is 0 Å². The maximum Gasteiger partial charge on any atom is 0.257 e. The Labute approximate surface area is 144 Å². The number of nitrogens with zero attached hydrogens (tertiary/aromatic N) is 2. The van der Waals surface area contributed by atoms with Crippen molar-refractivity contribution in [2.45, 2.75) is 13.5 Å². The van der Waals surface area contributed by atoms with Gasteiger partial charge in [-0.1, -0.05) is 0 Å². The molecule has 24 heavy (non-hydrogen) atoms. The van der Waals surface area contributed by atoms with Gasteiger partial charge < -0.3 is 18.8 Å². The van der Waals surface area contributed by atoms with E-state index in [2.05, 4.69) is 4.98 Å². The van der Waals surface area contributed by atoms with Crippen LogP contribution >= 0.6 is 11.3 Å². The molecule has 2 saturated heterocycles. The molecule has 6 nitrogen and oxygen atoms in total. The Morgan fingerprint density at radius 2 is 2.50 bits per heavy atom. The number of ether oxygens (including phenoxy) is 2. The largest absolute Gasteiger partial charge is 0.472 e. The average Bonchev–Trinajstić information content (AvgIpc) is 3.29. The zero-order valence-corrected chi connectivity index (χ0v) is 14.4. The van der Waals surface area contributed by atoms with E-state index in [9.17, 15) is 4.79 Å². The van der Waals surface area contributed by atoms with Crippen molar-refractivity contribution in [3.8, 4) is 0 Å². The molecular weight excluding hydrogens is 328 g/mol. The first-order valence-corrected chi connectivity index (χ1v) is 8.92. The summed E-state index contributed by atoms with van der Waals surface area (Å²) in [4.78, 5) is 18.9. The molecule has 0 aliphatic carbocycles. The van der Waals surface area contributed by atoms with Gasteiger partial charge in [0.05, 0.1) is 49.0 Å². The molecule has 2 aliphatic rings. The second-order valence-electron chi connectivity index (χ2n) is 6.62. The van der Waals surface area contributed by atoms with E-state index in [1.165, 1.54) is 12.5 Å². The highest BCUT2D eigenvalue weighted by molar-refractivity contribution is 7.09. The number of likely N-dealkylation sites (tertiary alicyclic amines) is 1. The quantitative estimate of drug-likeness (QED) is 0.830. The Hall–Kier alpha value is -1.70. The molecule has 4 heterocycles. The fraction of sp³-hybridized carbons (Fsp3) is 0.529. The summed E-state index contributed by atoms with van der Waals surface area (Å²) in [5.74, 6) is 0.346. The number of fused-ring (bicyclic) bond motifs is 1. The zero-order chi connectivity index (χ0) is 16.6. The molecule has 2 aliphatic heterocycles. The molecule has 2 aromatic heterocycles. The van der Waals surface area contributed by atoms with E-state index in [0.717, 1.165) is 10.7 Å². The minimum Gasteiger partial charge on any atom is -0.472 e. The molecule has 0 bridgehead atoms. The highest BCUT2D eigenvalue weighted by Gasteiger charge is 2.52. The van der Waals surface area contributed by atoms with Crippen LogP contribution in [0.1, 0.15) is 21.1 Å². The summed E-state index contributed by atoms with van der Waals surface area (Å²) in [5, 5.41) is 3.07. The number of furan rings is 1. The summed E-state index contributed by atoms with van der Waals surface area (Å²) >= 11 is 1.63. The van der Waals surface area contributed by atoms with Crippen molar-refractivity contribution in [3.63, 3.8) is 0 Å². The zero-order valence-electron chi connectivity index (χ0n) is 13.6. The predicted octanol–water partition coefficient (Wildman–Crippen LogP) is 2.35. The summed E-state index contributed by atoms with van der Waals surface area (Å²) in [7, 11) is 0. The number of carbonyl (C=O) groups is 1. The van der Waals surface area contributed by atoms with Crippen LogP contribution in [0.5, 0.6) is 0 Å². The van der Waals surface area contributed by atoms with Crippen LogP contribution in [0.3, 0.4) is 0 Å². The number of amides is 1. The smallest absolute Gasteiger partial charge is 0.257 e. The molecule has 2 atom stereocenters. The topological polar surface area (TPSA) is 64.8 Å². The van der Waals surface area contributed by atoms with Crippen LogP contribution in [-0.2, 0) is 16.1 Å². The molecule has 2 fully saturated rings. The number of thiazole rings is 1. The van der Waals surface area contributed by atoms with Crippen molar-refractivity contribution in [2.75, 3.05) is 32.9 Å². The highest BCUT2D eigenvalue weighted by Crippen LogP contribution is 2.42. The van der Waals surface area contributed by atoms with Crippen LogP contribution in [0.15, 0.2) is 28.4 Å². The minimum atomic E-state index is -0.107. The van der Waals surface area contributed by atoms with E-state index in [1.807, 2.05) is 17.2 Å². The lowest BCUT2D eigenvalue weighted by molar-refractivity contribution is 0.0176. The van der Waals surface area contributed by atoms with Gasteiger partial charge in [0.2, 0.25) is 0 Å². The predicted molar refractivity (Wildman–Crippen MR) is 87.9 cm³/mol. The second-order valence-corrected chi connectivity index (χ2v) is 7.69. The van der Waals surface area contributed by atoms with E-state index in [1.54, 1.807) is 17.4 Å². The van der Waals surface area contributed by atoms with Gasteiger partial charge in [0, 0.05) is 29.8 Å². The third kappa shape index (κ3) is 2.87. The van der Waals surface area contributed by atoms with Crippen LogP contribution in [0.25, 0.3) is 0 Å². The molecular formula is C17H20N2O4S. The van der Waals surface area contributed by atoms with Crippen molar-refractivity contribution in [1.29, 1.82) is 0 Å². The van der Waals surface area contributed by atoms with Gasteiger partial charge in [-0.3, -0.25) is 4.79 Å². The summed E-state index contributed by atoms with van der Waals surface area (Å²) < 4.78 is 16.7. The summed E-state index contributed by atoms with van der Waals surface area (Å²) in [6.45, 7) is 5.79. The number of aromatic nitrogens is 1. The molecule has 0 saturated carbocycles. The molecule has 0 spiro atoms. The first-order valence-electron chi connectivity index (χ1n) is 8.04. The van der Waals surface area contributed by atoms with Crippen LogP contribution in [0.4, 0.5) is 0 Å². The normalized spacial score (nSPS) is 26.0. The van der Waals surface area contributed by atoms with Gasteiger partial charge in [-0.25, -0.2) is 4.98 Å². The number of hydrogen-bond donors (Lipinski definition) is 0. The molecule has 0 aromatic carbocycles. The van der Waals surface area contributed by atoms with Crippen molar-refractivity contribution in [1.82, 2.24) is 9.88 Å². The Morgan fingerprint density at radius 3 is 3.25 bits per heavy atom. The maximum absolute atomic E-state index is 12.6. The Balaban J connectivity index is 1.40. The first kappa shape index (κ1) is 15.8. The van der Waals surface area contributed by atoms with Gasteiger partial charge in [-0.15, -0.1) is 11.3 Å². The molecule has 4 rings (SSSR count). The van der Waals surface area contributed by atoms with Crippen molar-refractivity contribution in [2.24, 2.45) is 11.3 Å². The maximum atomic E-state index is 12.6. The molecule has 7 heteroatoms. The Morgan fingerprint density at radius 1 is 1.58 bits per heavy atom. The van der Waals surface area contributed by atoms with E-state index >= 15 is 0 Å². The average molecular weight is 348 g/mol. The van der Waals surface area contributed by atoms with Gasteiger partial charge in [0.1, 0.15) is 6.26 Å². The van der Waals surface area contributed by atoms with E-state index in [-0.39, 0.29) is 11.3 Å². The molecule has 1 amide bonds. The van der Waals surface area contributed by atoms with E-state index in [4.69, 9.17) is 13.9 Å². The monoisotopic (exact) mass is 348 g/mol. The molecule has 2 aromatic rings. The van der Waals surface area contributed by atoms with Crippen LogP contribution < -0.4 is 0 Å². The lowest BCUT2D eigenvalue weighted by atomic mass is 9.82. The molecule has 0 N–H and O–H groups in total. The summed E-state index contributed by atoms with van der Waals surface area (Å²) in [6.07, 6.45) is 3.03. The number of rotatable bonds is 5. The minimum absolute atomic E-state index is 0.0210. The van der Waals surface area contributed by atoms with Crippen LogP contribution in [0.2, 0.25) is 0 Å². The van der Waals surface area contributed by atoms with Crippen molar-refractivity contribution in [3.05, 3.63) is 40.2 Å². The third-order valence-electron chi connectivity index (χ3n) is 4.88. The van der Waals surface area contributed by atoms with Gasteiger partial charge in [-0.05, 0) is 13.0 Å². The lowest BCUT2D eigenvalue weighted by Gasteiger charge is -2.26. The molecule has 0 unspecified atom stereocenters. The van der Waals surface area contributed by atoms with Gasteiger partial charge in [-0.2, -0.15) is 0 Å². The Kier molecular flexibility index (Phi) is 4.15. The van der Waals surface area contributed by atoms with E-state index < -0.39 is 0 Å². The van der Waals surface area contributed by atoms with E-state index in [0.29, 0.717) is 51.0 Å². The van der Waals surface area contributed by atoms with Crippen LogP contribution in [0, 0.1) is 18.3 Å². The fourth-order valence-electron chi connectivity index (χ4n) is 3.59. The van der Waals surface area contributed by atoms with Gasteiger partial charge >= 0.3 is 0 Å². The molecule has 0 radical (unpaired) electrons. The summed E-state index contributed by atoms with van der Waals surface area (Å²) in [6, 6.07) is 1.71. The number of hydrogen-bond acceptors (Lipinski definition) is 6. The SMILES string of the molecule is Cc1nc(COC[C@@]23COC[C@@H]2CN(C(=O)c2ccoc2)C3)cs1. The standard InChI is InChI=1S/C17H20N2O4S/c1-12-18-15(8-24-12)7-23-11-17-9-19(4-14(17)6-22-10-17)16(20)13-2-3-21-5-13/h2-3,5,8,14H,4,6-7,9-11H2,1H3/t14-,17+/m0/s1. The molecule has 128 valence electrons. The lowest BCUT2D eigenvalue weighted by Crippen LogP contribution is -2.37. The summed E-state index contributed by atoms with van der Waals surface area (Å²) in [5.41, 5.74) is 1.46. The van der Waals surface area contributed by atoms with Crippen LogP contribution in [-0.4, -0.2) is 48.7 Å². The third-order valence-corrected chi connectivity index (χ3v) is 5.70. The van der Waals surface area contributed by atoms with Crippen molar-refractivity contribution >= 4 is 17.2 Å².